The summed E-state index contributed by atoms with van der Waals surface area (Å²) in [5.74, 6) is 1.36. The predicted octanol–water partition coefficient (Wildman–Crippen LogP) is 3.37. The third kappa shape index (κ3) is 2.87. The Bertz CT molecular complexity index is 849. The van der Waals surface area contributed by atoms with Gasteiger partial charge in [-0.3, -0.25) is 4.98 Å². The van der Waals surface area contributed by atoms with Gasteiger partial charge < -0.3 is 10.1 Å². The van der Waals surface area contributed by atoms with Crippen LogP contribution in [0.3, 0.4) is 0 Å². The van der Waals surface area contributed by atoms with Gasteiger partial charge in [-0.1, -0.05) is 0 Å². The summed E-state index contributed by atoms with van der Waals surface area (Å²) in [6.45, 7) is 5.76. The Morgan fingerprint density at radius 3 is 2.88 bits per heavy atom. The van der Waals surface area contributed by atoms with Gasteiger partial charge in [0.1, 0.15) is 17.0 Å². The number of nitrogens with zero attached hydrogens (tertiary/aromatic N) is 3. The molecule has 4 rings (SSSR count). The van der Waals surface area contributed by atoms with E-state index in [9.17, 15) is 0 Å². The number of fused-ring (bicyclic) bond motifs is 1. The summed E-state index contributed by atoms with van der Waals surface area (Å²) in [6, 6.07) is 4.41. The molecule has 124 valence electrons. The lowest BCUT2D eigenvalue weighted by molar-refractivity contribution is 0.185. The predicted molar refractivity (Wildman–Crippen MR) is 96.5 cm³/mol. The molecule has 0 aliphatic carbocycles. The molecule has 1 aliphatic heterocycles. The van der Waals surface area contributed by atoms with Crippen molar-refractivity contribution in [3.8, 4) is 0 Å². The minimum atomic E-state index is 0.260. The number of pyridine rings is 1. The third-order valence-electron chi connectivity index (χ3n) is 4.73. The Hall–Kier alpha value is -2.05. The fraction of sp³-hybridized carbons (Fsp3) is 0.389. The van der Waals surface area contributed by atoms with Crippen LogP contribution in [-0.4, -0.2) is 34.2 Å². The summed E-state index contributed by atoms with van der Waals surface area (Å²) in [5.41, 5.74) is 2.56. The quantitative estimate of drug-likeness (QED) is 0.789. The zero-order valence-corrected chi connectivity index (χ0v) is 14.6. The molecule has 0 amide bonds. The first-order valence-corrected chi connectivity index (χ1v) is 8.98. The molecule has 24 heavy (non-hydrogen) atoms. The Morgan fingerprint density at radius 1 is 1.21 bits per heavy atom. The smallest absolute Gasteiger partial charge is 0.138 e. The zero-order valence-electron chi connectivity index (χ0n) is 13.8. The van der Waals surface area contributed by atoms with Crippen molar-refractivity contribution in [1.29, 1.82) is 0 Å². The molecule has 4 heterocycles. The lowest BCUT2D eigenvalue weighted by Gasteiger charge is -2.20. The highest BCUT2D eigenvalue weighted by atomic mass is 32.1. The maximum absolute atomic E-state index is 5.74. The van der Waals surface area contributed by atoms with Crippen LogP contribution in [0, 0.1) is 19.8 Å². The summed E-state index contributed by atoms with van der Waals surface area (Å²) in [4.78, 5) is 15.4. The van der Waals surface area contributed by atoms with E-state index in [1.807, 2.05) is 12.4 Å². The van der Waals surface area contributed by atoms with Crippen LogP contribution in [-0.2, 0) is 11.2 Å². The van der Waals surface area contributed by atoms with E-state index in [-0.39, 0.29) is 6.04 Å². The van der Waals surface area contributed by atoms with Gasteiger partial charge in [0.05, 0.1) is 24.6 Å². The van der Waals surface area contributed by atoms with E-state index in [2.05, 4.69) is 46.2 Å². The van der Waals surface area contributed by atoms with E-state index in [0.29, 0.717) is 12.5 Å². The number of anilines is 1. The van der Waals surface area contributed by atoms with Gasteiger partial charge in [-0.15, -0.1) is 11.3 Å². The molecule has 3 aromatic heterocycles. The first-order chi connectivity index (χ1) is 11.7. The molecule has 6 heteroatoms. The number of nitrogens with one attached hydrogen (secondary N) is 1. The zero-order chi connectivity index (χ0) is 16.5. The molecule has 5 nitrogen and oxygen atoms in total. The Kier molecular flexibility index (Phi) is 4.16. The Morgan fingerprint density at radius 2 is 2.04 bits per heavy atom. The standard InChI is InChI=1S/C18H20N4OS/c1-11-12(2)24-18-16(11)17(20-10-21-18)22-15-9-23-8-14(15)7-13-3-5-19-6-4-13/h3-6,10,14-15H,7-9H2,1-2H3,(H,20,21,22)/t14-,15+/m1/s1. The fourth-order valence-electron chi connectivity index (χ4n) is 3.25. The minimum Gasteiger partial charge on any atom is -0.379 e. The fourth-order valence-corrected chi connectivity index (χ4v) is 4.25. The third-order valence-corrected chi connectivity index (χ3v) is 5.85. The van der Waals surface area contributed by atoms with Crippen LogP contribution in [0.2, 0.25) is 0 Å². The molecular weight excluding hydrogens is 320 g/mol. The van der Waals surface area contributed by atoms with Crippen molar-refractivity contribution in [3.63, 3.8) is 0 Å². The maximum atomic E-state index is 5.74. The van der Waals surface area contributed by atoms with Crippen molar-refractivity contribution in [3.05, 3.63) is 46.9 Å². The first kappa shape index (κ1) is 15.5. The molecule has 0 aromatic carbocycles. The topological polar surface area (TPSA) is 59.9 Å². The van der Waals surface area contributed by atoms with Crippen LogP contribution >= 0.6 is 11.3 Å². The van der Waals surface area contributed by atoms with Crippen molar-refractivity contribution < 1.29 is 4.74 Å². The van der Waals surface area contributed by atoms with Crippen LogP contribution < -0.4 is 5.32 Å². The highest BCUT2D eigenvalue weighted by Gasteiger charge is 2.29. The average Bonchev–Trinajstić information content (AvgIpc) is 3.14. The SMILES string of the molecule is Cc1sc2ncnc(N[C@H]3COC[C@H]3Cc3ccncc3)c2c1C. The van der Waals surface area contributed by atoms with E-state index >= 15 is 0 Å². The molecule has 1 saturated heterocycles. The normalized spacial score (nSPS) is 20.6. The molecule has 3 aromatic rings. The van der Waals surface area contributed by atoms with Crippen LogP contribution in [0.25, 0.3) is 10.2 Å². The second-order valence-electron chi connectivity index (χ2n) is 6.29. The number of aryl methyl sites for hydroxylation is 2. The molecule has 1 aliphatic rings. The molecule has 0 radical (unpaired) electrons. The second-order valence-corrected chi connectivity index (χ2v) is 7.50. The van der Waals surface area contributed by atoms with E-state index in [0.717, 1.165) is 29.1 Å². The van der Waals surface area contributed by atoms with Gasteiger partial charge >= 0.3 is 0 Å². The maximum Gasteiger partial charge on any atom is 0.138 e. The van der Waals surface area contributed by atoms with E-state index in [1.54, 1.807) is 17.7 Å². The number of hydrogen-bond acceptors (Lipinski definition) is 6. The van der Waals surface area contributed by atoms with Crippen LogP contribution in [0.15, 0.2) is 30.9 Å². The Balaban J connectivity index is 1.58. The van der Waals surface area contributed by atoms with Crippen molar-refractivity contribution in [2.45, 2.75) is 26.3 Å². The summed E-state index contributed by atoms with van der Waals surface area (Å²) < 4.78 is 5.74. The van der Waals surface area contributed by atoms with E-state index < -0.39 is 0 Å². The first-order valence-electron chi connectivity index (χ1n) is 8.16. The number of thiophene rings is 1. The van der Waals surface area contributed by atoms with Gasteiger partial charge in [-0.2, -0.15) is 0 Å². The molecule has 0 saturated carbocycles. The summed E-state index contributed by atoms with van der Waals surface area (Å²) in [5, 5.41) is 4.77. The van der Waals surface area contributed by atoms with Crippen molar-refractivity contribution in [2.24, 2.45) is 5.92 Å². The molecule has 0 bridgehead atoms. The van der Waals surface area contributed by atoms with Crippen molar-refractivity contribution >= 4 is 27.4 Å². The Labute approximate surface area is 145 Å². The number of hydrogen-bond donors (Lipinski definition) is 1. The molecule has 1 N–H and O–H groups in total. The molecule has 0 spiro atoms. The van der Waals surface area contributed by atoms with Crippen molar-refractivity contribution in [2.75, 3.05) is 18.5 Å². The molecular formula is C18H20N4OS. The molecule has 0 unspecified atom stereocenters. The van der Waals surface area contributed by atoms with Crippen LogP contribution in [0.4, 0.5) is 5.82 Å². The van der Waals surface area contributed by atoms with Gasteiger partial charge in [0.2, 0.25) is 0 Å². The second kappa shape index (κ2) is 6.45. The van der Waals surface area contributed by atoms with Gasteiger partial charge in [0.15, 0.2) is 0 Å². The highest BCUT2D eigenvalue weighted by Crippen LogP contribution is 2.33. The lowest BCUT2D eigenvalue weighted by atomic mass is 9.95. The van der Waals surface area contributed by atoms with E-state index in [1.165, 1.54) is 16.0 Å². The van der Waals surface area contributed by atoms with Crippen LogP contribution in [0.5, 0.6) is 0 Å². The number of aromatic nitrogens is 3. The lowest BCUT2D eigenvalue weighted by Crippen LogP contribution is -2.29. The van der Waals surface area contributed by atoms with Gasteiger partial charge in [0.25, 0.3) is 0 Å². The van der Waals surface area contributed by atoms with E-state index in [4.69, 9.17) is 4.74 Å². The summed E-state index contributed by atoms with van der Waals surface area (Å²) >= 11 is 1.72. The number of rotatable bonds is 4. The summed E-state index contributed by atoms with van der Waals surface area (Å²) in [7, 11) is 0. The monoisotopic (exact) mass is 340 g/mol. The minimum absolute atomic E-state index is 0.260. The van der Waals surface area contributed by atoms with Crippen LogP contribution in [0.1, 0.15) is 16.0 Å². The number of ether oxygens (including phenoxy) is 1. The van der Waals surface area contributed by atoms with Gasteiger partial charge in [-0.05, 0) is 43.5 Å². The average molecular weight is 340 g/mol. The van der Waals surface area contributed by atoms with Gasteiger partial charge in [-0.25, -0.2) is 9.97 Å². The largest absolute Gasteiger partial charge is 0.379 e. The molecule has 1 fully saturated rings. The summed E-state index contributed by atoms with van der Waals surface area (Å²) in [6.07, 6.45) is 6.32. The molecule has 2 atom stereocenters. The highest BCUT2D eigenvalue weighted by molar-refractivity contribution is 7.18. The van der Waals surface area contributed by atoms with Crippen molar-refractivity contribution in [1.82, 2.24) is 15.0 Å². The van der Waals surface area contributed by atoms with Gasteiger partial charge in [0, 0.05) is 23.2 Å².